The van der Waals surface area contributed by atoms with Crippen molar-refractivity contribution in [1.82, 2.24) is 5.32 Å². The maximum Gasteiger partial charge on any atom is 0.337 e. The van der Waals surface area contributed by atoms with Gasteiger partial charge >= 0.3 is 5.97 Å². The molecule has 0 saturated heterocycles. The molecule has 2 rings (SSSR count). The van der Waals surface area contributed by atoms with Crippen LogP contribution >= 0.6 is 0 Å². The molecule has 0 saturated carbocycles. The Bertz CT molecular complexity index is 604. The number of carbonyl (C=O) groups is 1. The highest BCUT2D eigenvalue weighted by Gasteiger charge is 2.25. The van der Waals surface area contributed by atoms with E-state index < -0.39 is 11.8 Å². The largest absolute Gasteiger partial charge is 0.507 e. The summed E-state index contributed by atoms with van der Waals surface area (Å²) in [5, 5.41) is 32.0. The highest BCUT2D eigenvalue weighted by atomic mass is 16.6. The van der Waals surface area contributed by atoms with Gasteiger partial charge in [0.25, 0.3) is 0 Å². The Morgan fingerprint density at radius 3 is 2.81 bits per heavy atom. The summed E-state index contributed by atoms with van der Waals surface area (Å²) >= 11 is 0. The van der Waals surface area contributed by atoms with Gasteiger partial charge in [-0.1, -0.05) is 18.2 Å². The van der Waals surface area contributed by atoms with Crippen LogP contribution in [0.2, 0.25) is 0 Å². The summed E-state index contributed by atoms with van der Waals surface area (Å²) in [5.74, 6) is -2.74. The van der Waals surface area contributed by atoms with Gasteiger partial charge in [0.05, 0.1) is 17.9 Å². The maximum atomic E-state index is 11.5. The molecule has 1 heterocycles. The Hall–Kier alpha value is -2.31. The minimum absolute atomic E-state index is 0.0199. The zero-order chi connectivity index (χ0) is 15.5. The molecule has 6 nitrogen and oxygen atoms in total. The summed E-state index contributed by atoms with van der Waals surface area (Å²) in [6.07, 6.45) is 2.65. The Labute approximate surface area is 122 Å². The summed E-state index contributed by atoms with van der Waals surface area (Å²) in [4.78, 5) is 11.5. The summed E-state index contributed by atoms with van der Waals surface area (Å²) in [6, 6.07) is 6.41. The quantitative estimate of drug-likeness (QED) is 0.622. The van der Waals surface area contributed by atoms with E-state index in [0.717, 1.165) is 0 Å². The number of para-hydroxylation sites is 1. The van der Waals surface area contributed by atoms with Gasteiger partial charge in [-0.05, 0) is 25.1 Å². The predicted octanol–water partition coefficient (Wildman–Crippen LogP) is 1.07. The predicted molar refractivity (Wildman–Crippen MR) is 76.4 cm³/mol. The standard InChI is InChI=1S/C15H17NO5/c1-15(20)9-12(16-6-7-21-15)11(14(18)19)8-10-4-2-3-5-13(10)17/h2-5,8-9,16-17,20H,6-7H2,1H3,(H,18,19). The number of carboxylic acid groups (broad SMARTS) is 1. The van der Waals surface area contributed by atoms with Crippen LogP contribution in [-0.4, -0.2) is 40.2 Å². The molecule has 0 bridgehead atoms. The molecule has 0 spiro atoms. The third kappa shape index (κ3) is 3.84. The molecule has 112 valence electrons. The van der Waals surface area contributed by atoms with E-state index in [1.807, 2.05) is 0 Å². The molecule has 1 aromatic rings. The molecule has 1 aliphatic heterocycles. The summed E-state index contributed by atoms with van der Waals surface area (Å²) < 4.78 is 5.17. The molecule has 4 N–H and O–H groups in total. The third-order valence-electron chi connectivity index (χ3n) is 2.98. The lowest BCUT2D eigenvalue weighted by Gasteiger charge is -2.17. The number of phenols is 1. The van der Waals surface area contributed by atoms with Gasteiger partial charge in [0.15, 0.2) is 5.79 Å². The maximum absolute atomic E-state index is 11.5. The monoisotopic (exact) mass is 291 g/mol. The fraction of sp³-hybridized carbons (Fsp3) is 0.267. The smallest absolute Gasteiger partial charge is 0.337 e. The number of rotatable bonds is 3. The number of carboxylic acids is 1. The average Bonchev–Trinajstić information content (AvgIpc) is 2.58. The van der Waals surface area contributed by atoms with Crippen LogP contribution in [0.5, 0.6) is 5.75 Å². The zero-order valence-corrected chi connectivity index (χ0v) is 11.5. The van der Waals surface area contributed by atoms with Gasteiger partial charge in [0.2, 0.25) is 0 Å². The Balaban J connectivity index is 2.46. The van der Waals surface area contributed by atoms with E-state index in [9.17, 15) is 20.1 Å². The molecular formula is C15H17NO5. The van der Waals surface area contributed by atoms with Crippen LogP contribution in [-0.2, 0) is 9.53 Å². The van der Waals surface area contributed by atoms with Gasteiger partial charge in [-0.15, -0.1) is 0 Å². The van der Waals surface area contributed by atoms with E-state index in [0.29, 0.717) is 12.1 Å². The number of ether oxygens (including phenoxy) is 1. The second kappa shape index (κ2) is 5.99. The van der Waals surface area contributed by atoms with Crippen molar-refractivity contribution >= 4 is 12.0 Å². The summed E-state index contributed by atoms with van der Waals surface area (Å²) in [7, 11) is 0. The Morgan fingerprint density at radius 1 is 1.43 bits per heavy atom. The van der Waals surface area contributed by atoms with Gasteiger partial charge in [-0.25, -0.2) is 4.79 Å². The highest BCUT2D eigenvalue weighted by molar-refractivity contribution is 5.97. The van der Waals surface area contributed by atoms with Crippen molar-refractivity contribution in [3.05, 3.63) is 47.2 Å². The molecule has 0 fully saturated rings. The van der Waals surface area contributed by atoms with Crippen molar-refractivity contribution < 1.29 is 24.9 Å². The van der Waals surface area contributed by atoms with Crippen molar-refractivity contribution in [1.29, 1.82) is 0 Å². The van der Waals surface area contributed by atoms with E-state index in [1.165, 1.54) is 25.1 Å². The van der Waals surface area contributed by atoms with E-state index >= 15 is 0 Å². The Kier molecular flexibility index (Phi) is 4.30. The van der Waals surface area contributed by atoms with Gasteiger partial charge in [-0.3, -0.25) is 0 Å². The molecule has 1 atom stereocenters. The number of aliphatic carboxylic acids is 1. The normalized spacial score (nSPS) is 23.0. The van der Waals surface area contributed by atoms with Crippen LogP contribution in [0.4, 0.5) is 0 Å². The molecule has 6 heteroatoms. The molecular weight excluding hydrogens is 274 g/mol. The van der Waals surface area contributed by atoms with Crippen LogP contribution < -0.4 is 5.32 Å². The lowest BCUT2D eigenvalue weighted by Crippen LogP contribution is -2.25. The summed E-state index contributed by atoms with van der Waals surface area (Å²) in [6.45, 7) is 2.04. The van der Waals surface area contributed by atoms with Gasteiger partial charge in [-0.2, -0.15) is 0 Å². The van der Waals surface area contributed by atoms with E-state index in [1.54, 1.807) is 18.2 Å². The van der Waals surface area contributed by atoms with Crippen molar-refractivity contribution in [2.75, 3.05) is 13.2 Å². The number of nitrogens with one attached hydrogen (secondary N) is 1. The Morgan fingerprint density at radius 2 is 2.14 bits per heavy atom. The fourth-order valence-electron chi connectivity index (χ4n) is 2.00. The number of phenolic OH excluding ortho intramolecular Hbond substituents is 1. The minimum Gasteiger partial charge on any atom is -0.507 e. The number of aliphatic hydroxyl groups is 1. The molecule has 1 aromatic carbocycles. The van der Waals surface area contributed by atoms with Crippen molar-refractivity contribution in [3.8, 4) is 5.75 Å². The van der Waals surface area contributed by atoms with Crippen molar-refractivity contribution in [3.63, 3.8) is 0 Å². The van der Waals surface area contributed by atoms with Gasteiger partial charge in [0.1, 0.15) is 5.75 Å². The van der Waals surface area contributed by atoms with E-state index in [-0.39, 0.29) is 23.6 Å². The van der Waals surface area contributed by atoms with Crippen LogP contribution in [0.1, 0.15) is 12.5 Å². The number of hydrogen-bond donors (Lipinski definition) is 4. The summed E-state index contributed by atoms with van der Waals surface area (Å²) in [5.41, 5.74) is 0.554. The SMILES string of the molecule is CC1(O)C=C(C(=Cc2ccccc2O)C(=O)O)NCCO1. The molecule has 1 aliphatic rings. The first-order chi connectivity index (χ1) is 9.89. The van der Waals surface area contributed by atoms with E-state index in [2.05, 4.69) is 5.32 Å². The van der Waals surface area contributed by atoms with E-state index in [4.69, 9.17) is 4.74 Å². The van der Waals surface area contributed by atoms with Gasteiger partial charge < -0.3 is 25.4 Å². The van der Waals surface area contributed by atoms with Crippen LogP contribution in [0, 0.1) is 0 Å². The zero-order valence-electron chi connectivity index (χ0n) is 11.5. The minimum atomic E-state index is -1.55. The number of aromatic hydroxyl groups is 1. The molecule has 21 heavy (non-hydrogen) atoms. The van der Waals surface area contributed by atoms with Crippen LogP contribution in [0.25, 0.3) is 6.08 Å². The molecule has 1 unspecified atom stereocenters. The van der Waals surface area contributed by atoms with Crippen molar-refractivity contribution in [2.45, 2.75) is 12.7 Å². The molecule has 0 amide bonds. The molecule has 0 aliphatic carbocycles. The average molecular weight is 291 g/mol. The molecule has 0 radical (unpaired) electrons. The lowest BCUT2D eigenvalue weighted by molar-refractivity contribution is -0.148. The van der Waals surface area contributed by atoms with Gasteiger partial charge in [0, 0.05) is 12.1 Å². The second-order valence-electron chi connectivity index (χ2n) is 4.81. The number of benzene rings is 1. The first-order valence-electron chi connectivity index (χ1n) is 6.45. The first-order valence-corrected chi connectivity index (χ1v) is 6.45. The topological polar surface area (TPSA) is 99.0 Å². The number of hydrogen-bond acceptors (Lipinski definition) is 5. The van der Waals surface area contributed by atoms with Crippen LogP contribution in [0.15, 0.2) is 41.6 Å². The third-order valence-corrected chi connectivity index (χ3v) is 2.98. The molecule has 0 aromatic heterocycles. The van der Waals surface area contributed by atoms with Crippen molar-refractivity contribution in [2.24, 2.45) is 0 Å². The lowest BCUT2D eigenvalue weighted by atomic mass is 10.1. The van der Waals surface area contributed by atoms with Crippen LogP contribution in [0.3, 0.4) is 0 Å². The highest BCUT2D eigenvalue weighted by Crippen LogP contribution is 2.23. The first kappa shape index (κ1) is 15.1. The fourth-order valence-corrected chi connectivity index (χ4v) is 2.00. The second-order valence-corrected chi connectivity index (χ2v) is 4.81.